The molecule has 0 spiro atoms. The van der Waals surface area contributed by atoms with Crippen LogP contribution in [0.3, 0.4) is 0 Å². The van der Waals surface area contributed by atoms with E-state index in [0.717, 1.165) is 17.8 Å². The molecule has 0 radical (unpaired) electrons. The highest BCUT2D eigenvalue weighted by molar-refractivity contribution is 5.53. The Hall–Kier alpha value is -1.70. The van der Waals surface area contributed by atoms with Crippen LogP contribution in [0.25, 0.3) is 0 Å². The highest BCUT2D eigenvalue weighted by atomic mass is 15.2. The average molecular weight is 230 g/mol. The summed E-state index contributed by atoms with van der Waals surface area (Å²) in [5.41, 5.74) is 3.54. The Kier molecular flexibility index (Phi) is 4.83. The van der Waals surface area contributed by atoms with Crippen LogP contribution in [0.2, 0.25) is 0 Å². The molecule has 0 aliphatic heterocycles. The molecule has 0 bridgehead atoms. The van der Waals surface area contributed by atoms with Gasteiger partial charge in [-0.05, 0) is 36.6 Å². The summed E-state index contributed by atoms with van der Waals surface area (Å²) in [4.78, 5) is 2.15. The molecular formula is C15H22N2. The lowest BCUT2D eigenvalue weighted by Crippen LogP contribution is -2.27. The van der Waals surface area contributed by atoms with Gasteiger partial charge in [0.2, 0.25) is 0 Å². The monoisotopic (exact) mass is 230 g/mol. The maximum absolute atomic E-state index is 4.09. The quantitative estimate of drug-likeness (QED) is 0.778. The first-order chi connectivity index (χ1) is 8.11. The third-order valence-corrected chi connectivity index (χ3v) is 3.03. The lowest BCUT2D eigenvalue weighted by Gasteiger charge is -2.25. The van der Waals surface area contributed by atoms with Gasteiger partial charge in [0.05, 0.1) is 0 Å². The van der Waals surface area contributed by atoms with Crippen molar-refractivity contribution in [3.05, 3.63) is 53.9 Å². The molecule has 1 rings (SSSR count). The average Bonchev–Trinajstić information content (AvgIpc) is 2.39. The number of hydrogen-bond donors (Lipinski definition) is 1. The van der Waals surface area contributed by atoms with Crippen LogP contribution in [0.5, 0.6) is 0 Å². The zero-order chi connectivity index (χ0) is 12.8. The molecule has 2 heteroatoms. The molecule has 0 heterocycles. The minimum absolute atomic E-state index is 0.972. The first-order valence-electron chi connectivity index (χ1n) is 5.97. The standard InChI is InChI=1S/C15H22N2/c1-6-12(2)13(3)15(16-4)17(5)14-10-8-7-9-11-14/h7-11,16H,2,6H2,1,3-5H3/b15-13-. The van der Waals surface area contributed by atoms with Crippen molar-refractivity contribution >= 4 is 5.69 Å². The van der Waals surface area contributed by atoms with Gasteiger partial charge in [-0.25, -0.2) is 0 Å². The van der Waals surface area contributed by atoms with Crippen LogP contribution in [0.15, 0.2) is 53.9 Å². The number of nitrogens with one attached hydrogen (secondary N) is 1. The van der Waals surface area contributed by atoms with Crippen LogP contribution < -0.4 is 10.2 Å². The number of para-hydroxylation sites is 1. The van der Waals surface area contributed by atoms with Gasteiger partial charge in [-0.2, -0.15) is 0 Å². The zero-order valence-corrected chi connectivity index (χ0v) is 11.2. The van der Waals surface area contributed by atoms with E-state index in [1.54, 1.807) is 0 Å². The van der Waals surface area contributed by atoms with Crippen molar-refractivity contribution in [3.8, 4) is 0 Å². The van der Waals surface area contributed by atoms with Gasteiger partial charge in [0, 0.05) is 19.8 Å². The Morgan fingerprint density at radius 3 is 2.35 bits per heavy atom. The van der Waals surface area contributed by atoms with Crippen LogP contribution in [0.4, 0.5) is 5.69 Å². The minimum Gasteiger partial charge on any atom is -0.374 e. The SMILES string of the molecule is C=C(CC)/C(C)=C(/NC)N(C)c1ccccc1. The second-order valence-corrected chi connectivity index (χ2v) is 4.08. The van der Waals surface area contributed by atoms with Gasteiger partial charge < -0.3 is 10.2 Å². The van der Waals surface area contributed by atoms with E-state index in [2.05, 4.69) is 49.8 Å². The maximum atomic E-state index is 4.09. The van der Waals surface area contributed by atoms with Crippen LogP contribution in [0, 0.1) is 0 Å². The molecule has 1 aromatic rings. The molecule has 0 amide bonds. The van der Waals surface area contributed by atoms with Crippen LogP contribution >= 0.6 is 0 Å². The summed E-state index contributed by atoms with van der Waals surface area (Å²) < 4.78 is 0. The lowest BCUT2D eigenvalue weighted by molar-refractivity contribution is 0.872. The van der Waals surface area contributed by atoms with E-state index < -0.39 is 0 Å². The first-order valence-corrected chi connectivity index (χ1v) is 5.97. The topological polar surface area (TPSA) is 15.3 Å². The fraction of sp³-hybridized carbons (Fsp3) is 0.333. The van der Waals surface area contributed by atoms with Gasteiger partial charge in [0.15, 0.2) is 0 Å². The van der Waals surface area contributed by atoms with Crippen molar-refractivity contribution in [1.29, 1.82) is 0 Å². The van der Waals surface area contributed by atoms with E-state index in [0.29, 0.717) is 0 Å². The van der Waals surface area contributed by atoms with Crippen LogP contribution in [-0.4, -0.2) is 14.1 Å². The third-order valence-electron chi connectivity index (χ3n) is 3.03. The molecule has 0 saturated heterocycles. The summed E-state index contributed by atoms with van der Waals surface area (Å²) in [5, 5.41) is 3.26. The predicted octanol–water partition coefficient (Wildman–Crippen LogP) is 3.54. The summed E-state index contributed by atoms with van der Waals surface area (Å²) in [7, 11) is 4.01. The smallest absolute Gasteiger partial charge is 0.108 e. The molecule has 0 atom stereocenters. The summed E-state index contributed by atoms with van der Waals surface area (Å²) in [6, 6.07) is 10.3. The fourth-order valence-electron chi connectivity index (χ4n) is 1.82. The van der Waals surface area contributed by atoms with Gasteiger partial charge in [-0.15, -0.1) is 0 Å². The third kappa shape index (κ3) is 3.13. The summed E-state index contributed by atoms with van der Waals surface area (Å²) in [6.45, 7) is 8.33. The Morgan fingerprint density at radius 1 is 1.29 bits per heavy atom. The summed E-state index contributed by atoms with van der Waals surface area (Å²) in [5.74, 6) is 1.10. The second-order valence-electron chi connectivity index (χ2n) is 4.08. The van der Waals surface area contributed by atoms with E-state index in [4.69, 9.17) is 0 Å². The van der Waals surface area contributed by atoms with Gasteiger partial charge in [-0.1, -0.05) is 31.7 Å². The number of allylic oxidation sites excluding steroid dienone is 2. The van der Waals surface area contributed by atoms with Crippen molar-refractivity contribution in [2.45, 2.75) is 20.3 Å². The Morgan fingerprint density at radius 2 is 1.88 bits per heavy atom. The van der Waals surface area contributed by atoms with Crippen molar-refractivity contribution < 1.29 is 0 Å². The van der Waals surface area contributed by atoms with E-state index in [1.807, 2.05) is 25.2 Å². The highest BCUT2D eigenvalue weighted by Crippen LogP contribution is 2.21. The number of hydrogen-bond acceptors (Lipinski definition) is 2. The lowest BCUT2D eigenvalue weighted by atomic mass is 10.1. The first kappa shape index (κ1) is 13.4. The van der Waals surface area contributed by atoms with E-state index in [9.17, 15) is 0 Å². The maximum Gasteiger partial charge on any atom is 0.108 e. The molecule has 0 aromatic heterocycles. The van der Waals surface area contributed by atoms with Crippen molar-refractivity contribution in [3.63, 3.8) is 0 Å². The van der Waals surface area contributed by atoms with Crippen molar-refractivity contribution in [2.75, 3.05) is 19.0 Å². The molecule has 2 nitrogen and oxygen atoms in total. The minimum atomic E-state index is 0.972. The Bertz CT molecular complexity index is 404. The fourth-order valence-corrected chi connectivity index (χ4v) is 1.82. The number of benzene rings is 1. The van der Waals surface area contributed by atoms with Gasteiger partial charge >= 0.3 is 0 Å². The largest absolute Gasteiger partial charge is 0.374 e. The molecule has 92 valence electrons. The van der Waals surface area contributed by atoms with E-state index >= 15 is 0 Å². The van der Waals surface area contributed by atoms with Gasteiger partial charge in [-0.3, -0.25) is 0 Å². The molecule has 1 N–H and O–H groups in total. The normalized spacial score (nSPS) is 11.8. The molecule has 0 aliphatic rings. The summed E-state index contributed by atoms with van der Waals surface area (Å²) in [6.07, 6.45) is 0.972. The number of anilines is 1. The Balaban J connectivity index is 3.07. The van der Waals surface area contributed by atoms with E-state index in [-0.39, 0.29) is 0 Å². The molecular weight excluding hydrogens is 208 g/mol. The zero-order valence-electron chi connectivity index (χ0n) is 11.2. The molecule has 0 fully saturated rings. The predicted molar refractivity (Wildman–Crippen MR) is 76.0 cm³/mol. The van der Waals surface area contributed by atoms with Gasteiger partial charge in [0.1, 0.15) is 5.82 Å². The number of nitrogens with zero attached hydrogens (tertiary/aromatic N) is 1. The van der Waals surface area contributed by atoms with Crippen LogP contribution in [-0.2, 0) is 0 Å². The number of rotatable bonds is 5. The van der Waals surface area contributed by atoms with Crippen molar-refractivity contribution in [1.82, 2.24) is 5.32 Å². The second kappa shape index (κ2) is 6.14. The highest BCUT2D eigenvalue weighted by Gasteiger charge is 2.09. The molecule has 0 aliphatic carbocycles. The molecule has 17 heavy (non-hydrogen) atoms. The molecule has 1 aromatic carbocycles. The van der Waals surface area contributed by atoms with Gasteiger partial charge in [0.25, 0.3) is 0 Å². The summed E-state index contributed by atoms with van der Waals surface area (Å²) >= 11 is 0. The Labute approximate surface area is 105 Å². The van der Waals surface area contributed by atoms with Crippen LogP contribution in [0.1, 0.15) is 20.3 Å². The van der Waals surface area contributed by atoms with E-state index in [1.165, 1.54) is 11.3 Å². The van der Waals surface area contributed by atoms with Crippen molar-refractivity contribution in [2.24, 2.45) is 0 Å². The molecule has 0 unspecified atom stereocenters. The molecule has 0 saturated carbocycles.